The molecule has 3 N–H and O–H groups in total. The zero-order chi connectivity index (χ0) is 31.1. The molecular formula is C28H41N5O8S. The molecule has 0 fully saturated rings. The van der Waals surface area contributed by atoms with Crippen LogP contribution in [0, 0.1) is 10.1 Å². The fourth-order valence-electron chi connectivity index (χ4n) is 3.87. The zero-order valence-corrected chi connectivity index (χ0v) is 25.3. The Morgan fingerprint density at radius 1 is 0.929 bits per heavy atom. The van der Waals surface area contributed by atoms with Gasteiger partial charge < -0.3 is 14.8 Å². The number of hydrogen-bond donors (Lipinski definition) is 3. The Bertz CT molecular complexity index is 1240. The summed E-state index contributed by atoms with van der Waals surface area (Å²) in [5.41, 5.74) is 3.18. The Balaban J connectivity index is 1.90. The Morgan fingerprint density at radius 2 is 1.57 bits per heavy atom. The maximum Gasteiger partial charge on any atom is 0.429 e. The van der Waals surface area contributed by atoms with Crippen LogP contribution in [-0.4, -0.2) is 68.4 Å². The molecule has 0 aliphatic rings. The molecule has 0 bridgehead atoms. The maximum absolute atomic E-state index is 13.0. The van der Waals surface area contributed by atoms with E-state index in [0.29, 0.717) is 25.9 Å². The van der Waals surface area contributed by atoms with E-state index in [1.807, 2.05) is 30.3 Å². The standard InChI is InChI=1S/C28H41N5O8S/c1-21(2)40-27(34)30-32(28(35)41-22(3)4)18-10-6-9-17-29-20-24(19-23-11-7-5-8-12-23)31-42(38,39)26-15-13-25(14-16-26)33(36)37/h5,7-8,11-16,21-22,24,29,31H,6,9-10,17-20H2,1-4H3,(H,30,34)/t24-/m0/s1. The highest BCUT2D eigenvalue weighted by atomic mass is 32.2. The SMILES string of the molecule is CC(C)OC(=O)NN(CCCCCNC[C@H](Cc1ccccc1)NS(=O)(=O)c1ccc([N+](=O)[O-])cc1)C(=O)OC(C)C. The van der Waals surface area contributed by atoms with Gasteiger partial charge in [0.25, 0.3) is 5.69 Å². The van der Waals surface area contributed by atoms with Crippen LogP contribution in [0.5, 0.6) is 0 Å². The number of benzene rings is 2. The Labute approximate surface area is 247 Å². The van der Waals surface area contributed by atoms with Crippen molar-refractivity contribution < 1.29 is 32.4 Å². The Morgan fingerprint density at radius 3 is 2.17 bits per heavy atom. The fourth-order valence-corrected chi connectivity index (χ4v) is 5.11. The number of sulfonamides is 1. The lowest BCUT2D eigenvalue weighted by atomic mass is 10.1. The number of unbranched alkanes of at least 4 members (excludes halogenated alkanes) is 2. The molecular weight excluding hydrogens is 566 g/mol. The van der Waals surface area contributed by atoms with Gasteiger partial charge in [0.05, 0.1) is 22.0 Å². The van der Waals surface area contributed by atoms with Gasteiger partial charge in [0, 0.05) is 31.3 Å². The molecule has 0 aliphatic heterocycles. The summed E-state index contributed by atoms with van der Waals surface area (Å²) in [7, 11) is -3.92. The topological polar surface area (TPSA) is 169 Å². The van der Waals surface area contributed by atoms with E-state index >= 15 is 0 Å². The number of nitro benzene ring substituents is 1. The first-order valence-corrected chi connectivity index (χ1v) is 15.3. The van der Waals surface area contributed by atoms with Gasteiger partial charge in [0.2, 0.25) is 10.0 Å². The first kappa shape index (κ1) is 34.5. The van der Waals surface area contributed by atoms with E-state index in [1.54, 1.807) is 27.7 Å². The summed E-state index contributed by atoms with van der Waals surface area (Å²) in [6.45, 7) is 7.99. The summed E-state index contributed by atoms with van der Waals surface area (Å²) < 4.78 is 39.0. The summed E-state index contributed by atoms with van der Waals surface area (Å²) in [6, 6.07) is 13.7. The van der Waals surface area contributed by atoms with Crippen LogP contribution in [0.3, 0.4) is 0 Å². The second kappa shape index (κ2) is 17.3. The van der Waals surface area contributed by atoms with Gasteiger partial charge in [0.15, 0.2) is 0 Å². The van der Waals surface area contributed by atoms with Crippen molar-refractivity contribution in [3.8, 4) is 0 Å². The predicted octanol–water partition coefficient (Wildman–Crippen LogP) is 4.14. The van der Waals surface area contributed by atoms with Crippen LogP contribution in [-0.2, 0) is 25.9 Å². The van der Waals surface area contributed by atoms with Crippen LogP contribution in [0.4, 0.5) is 15.3 Å². The van der Waals surface area contributed by atoms with E-state index in [-0.39, 0.29) is 29.3 Å². The van der Waals surface area contributed by atoms with E-state index in [2.05, 4.69) is 15.5 Å². The zero-order valence-electron chi connectivity index (χ0n) is 24.4. The van der Waals surface area contributed by atoms with Crippen LogP contribution in [0.25, 0.3) is 0 Å². The summed E-state index contributed by atoms with van der Waals surface area (Å²) >= 11 is 0. The molecule has 2 rings (SSSR count). The molecule has 42 heavy (non-hydrogen) atoms. The highest BCUT2D eigenvalue weighted by Crippen LogP contribution is 2.16. The minimum Gasteiger partial charge on any atom is -0.446 e. The third-order valence-electron chi connectivity index (χ3n) is 5.76. The van der Waals surface area contributed by atoms with Gasteiger partial charge in [-0.1, -0.05) is 36.8 Å². The summed E-state index contributed by atoms with van der Waals surface area (Å²) in [4.78, 5) is 34.6. The van der Waals surface area contributed by atoms with E-state index in [4.69, 9.17) is 9.47 Å². The summed E-state index contributed by atoms with van der Waals surface area (Å²) in [5.74, 6) is 0. The average molecular weight is 608 g/mol. The Hall–Kier alpha value is -3.75. The van der Waals surface area contributed by atoms with E-state index in [0.717, 1.165) is 35.5 Å². The first-order chi connectivity index (χ1) is 19.9. The Kier molecular flexibility index (Phi) is 14.2. The van der Waals surface area contributed by atoms with E-state index < -0.39 is 33.2 Å². The molecule has 0 saturated carbocycles. The average Bonchev–Trinajstić information content (AvgIpc) is 2.91. The minimum absolute atomic E-state index is 0.0578. The van der Waals surface area contributed by atoms with Crippen molar-refractivity contribution >= 4 is 27.9 Å². The van der Waals surface area contributed by atoms with Gasteiger partial charge in [-0.15, -0.1) is 0 Å². The number of carbonyl (C=O) groups excluding carboxylic acids is 2. The second-order valence-electron chi connectivity index (χ2n) is 10.2. The van der Waals surface area contributed by atoms with Crippen molar-refractivity contribution in [1.82, 2.24) is 20.5 Å². The van der Waals surface area contributed by atoms with Gasteiger partial charge in [-0.25, -0.2) is 33.2 Å². The minimum atomic E-state index is -3.92. The number of nitrogens with zero attached hydrogens (tertiary/aromatic N) is 2. The molecule has 232 valence electrons. The lowest BCUT2D eigenvalue weighted by Crippen LogP contribution is -2.48. The number of hydrazine groups is 1. The van der Waals surface area contributed by atoms with Crippen LogP contribution >= 0.6 is 0 Å². The van der Waals surface area contributed by atoms with Crippen molar-refractivity contribution in [2.24, 2.45) is 0 Å². The lowest BCUT2D eigenvalue weighted by molar-refractivity contribution is -0.384. The van der Waals surface area contributed by atoms with Crippen LogP contribution in [0.15, 0.2) is 59.5 Å². The number of non-ortho nitro benzene ring substituents is 1. The normalized spacial score (nSPS) is 12.1. The number of amides is 2. The number of ether oxygens (including phenoxy) is 2. The first-order valence-electron chi connectivity index (χ1n) is 13.8. The van der Waals surface area contributed by atoms with Crippen molar-refractivity contribution in [1.29, 1.82) is 0 Å². The molecule has 13 nitrogen and oxygen atoms in total. The highest BCUT2D eigenvalue weighted by molar-refractivity contribution is 7.89. The van der Waals surface area contributed by atoms with E-state index in [9.17, 15) is 28.1 Å². The van der Waals surface area contributed by atoms with Gasteiger partial charge in [-0.05, 0) is 71.2 Å². The van der Waals surface area contributed by atoms with Crippen molar-refractivity contribution in [3.05, 3.63) is 70.3 Å². The van der Waals surface area contributed by atoms with Crippen LogP contribution in [0.1, 0.15) is 52.5 Å². The highest BCUT2D eigenvalue weighted by Gasteiger charge is 2.22. The molecule has 0 aromatic heterocycles. The smallest absolute Gasteiger partial charge is 0.429 e. The van der Waals surface area contributed by atoms with Gasteiger partial charge in [-0.3, -0.25) is 10.1 Å². The number of nitro groups is 1. The summed E-state index contributed by atoms with van der Waals surface area (Å²) in [6.07, 6.45) is 0.355. The maximum atomic E-state index is 13.0. The molecule has 2 amide bonds. The molecule has 0 aliphatic carbocycles. The number of carbonyl (C=O) groups is 2. The quantitative estimate of drug-likeness (QED) is 0.144. The largest absolute Gasteiger partial charge is 0.446 e. The molecule has 0 unspecified atom stereocenters. The van der Waals surface area contributed by atoms with E-state index in [1.165, 1.54) is 12.1 Å². The second-order valence-corrected chi connectivity index (χ2v) is 11.9. The molecule has 14 heteroatoms. The van der Waals surface area contributed by atoms with Crippen LogP contribution in [0.2, 0.25) is 0 Å². The van der Waals surface area contributed by atoms with Gasteiger partial charge in [-0.2, -0.15) is 0 Å². The predicted molar refractivity (Wildman–Crippen MR) is 157 cm³/mol. The number of rotatable bonds is 16. The molecule has 0 radical (unpaired) electrons. The number of nitrogens with one attached hydrogen (secondary N) is 3. The van der Waals surface area contributed by atoms with Crippen LogP contribution < -0.4 is 15.5 Å². The summed E-state index contributed by atoms with van der Waals surface area (Å²) in [5, 5.41) is 15.3. The number of hydrogen-bond acceptors (Lipinski definition) is 9. The van der Waals surface area contributed by atoms with Gasteiger partial charge in [0.1, 0.15) is 0 Å². The van der Waals surface area contributed by atoms with Crippen molar-refractivity contribution in [2.45, 2.75) is 76.5 Å². The van der Waals surface area contributed by atoms with Crippen molar-refractivity contribution in [3.63, 3.8) is 0 Å². The monoisotopic (exact) mass is 607 g/mol. The molecule has 2 aromatic rings. The molecule has 0 saturated heterocycles. The third-order valence-corrected chi connectivity index (χ3v) is 7.29. The van der Waals surface area contributed by atoms with Crippen molar-refractivity contribution in [2.75, 3.05) is 19.6 Å². The molecule has 2 aromatic carbocycles. The lowest BCUT2D eigenvalue weighted by Gasteiger charge is -2.24. The third kappa shape index (κ3) is 12.8. The van der Waals surface area contributed by atoms with Gasteiger partial charge >= 0.3 is 12.2 Å². The fraction of sp³-hybridized carbons (Fsp3) is 0.500. The molecule has 0 heterocycles. The molecule has 0 spiro atoms. The molecule has 1 atom stereocenters.